The number of sulfonamides is 1. The molecular weight excluding hydrogens is 286 g/mol. The highest BCUT2D eigenvalue weighted by molar-refractivity contribution is 7.92. The molecule has 112 valence electrons. The molecule has 1 heterocycles. The van der Waals surface area contributed by atoms with E-state index in [1.165, 1.54) is 0 Å². The summed E-state index contributed by atoms with van der Waals surface area (Å²) in [5, 5.41) is -0.542. The van der Waals surface area contributed by atoms with E-state index in [2.05, 4.69) is 18.6 Å². The van der Waals surface area contributed by atoms with Gasteiger partial charge in [0, 0.05) is 6.04 Å². The van der Waals surface area contributed by atoms with Crippen LogP contribution in [0.5, 0.6) is 0 Å². The first-order valence-electron chi connectivity index (χ1n) is 6.81. The monoisotopic (exact) mass is 309 g/mol. The Morgan fingerprint density at radius 1 is 1.11 bits per heavy atom. The molecule has 2 rings (SSSR count). The molecule has 0 spiro atoms. The van der Waals surface area contributed by atoms with Gasteiger partial charge in [-0.05, 0) is 37.5 Å². The van der Waals surface area contributed by atoms with Crippen LogP contribution in [0, 0.1) is 5.41 Å². The second-order valence-electron chi connectivity index (χ2n) is 6.62. The fourth-order valence-electron chi connectivity index (χ4n) is 3.04. The smallest absolute Gasteiger partial charge is 0.214 e. The van der Waals surface area contributed by atoms with E-state index in [-0.39, 0.29) is 35.8 Å². The Morgan fingerprint density at radius 3 is 2.16 bits per heavy atom. The molecule has 0 radical (unpaired) electrons. The predicted molar refractivity (Wildman–Crippen MR) is 75.2 cm³/mol. The maximum atomic E-state index is 12.3. The maximum Gasteiger partial charge on any atom is 0.214 e. The molecule has 1 unspecified atom stereocenters. The molecule has 7 heteroatoms. The lowest BCUT2D eigenvalue weighted by atomic mass is 9.92. The van der Waals surface area contributed by atoms with E-state index >= 15 is 0 Å². The van der Waals surface area contributed by atoms with Crippen LogP contribution in [0.2, 0.25) is 0 Å². The van der Waals surface area contributed by atoms with Gasteiger partial charge in [0.25, 0.3) is 0 Å². The molecule has 19 heavy (non-hydrogen) atoms. The van der Waals surface area contributed by atoms with Gasteiger partial charge >= 0.3 is 0 Å². The molecule has 1 saturated heterocycles. The third-order valence-corrected chi connectivity index (χ3v) is 7.97. The standard InChI is InChI=1S/C12H23NO4S2/c1-12(2)6-3-10(9-12)13-19(16,17)11-4-7-18(14,15)8-5-11/h10-11,13H,3-9H2,1-2H3. The molecule has 2 fully saturated rings. The largest absolute Gasteiger partial charge is 0.229 e. The van der Waals surface area contributed by atoms with E-state index in [1.54, 1.807) is 0 Å². The topological polar surface area (TPSA) is 80.3 Å². The van der Waals surface area contributed by atoms with E-state index < -0.39 is 25.1 Å². The second-order valence-corrected chi connectivity index (χ2v) is 10.9. The minimum Gasteiger partial charge on any atom is -0.229 e. The minimum absolute atomic E-state index is 0.00522. The van der Waals surface area contributed by atoms with Crippen molar-refractivity contribution in [3.05, 3.63) is 0 Å². The van der Waals surface area contributed by atoms with E-state index in [0.29, 0.717) is 0 Å². The lowest BCUT2D eigenvalue weighted by Gasteiger charge is -2.24. The van der Waals surface area contributed by atoms with Gasteiger partial charge in [0.15, 0.2) is 0 Å². The van der Waals surface area contributed by atoms with Crippen molar-refractivity contribution < 1.29 is 16.8 Å². The Balaban J connectivity index is 1.96. The molecule has 0 amide bonds. The summed E-state index contributed by atoms with van der Waals surface area (Å²) in [5.74, 6) is -0.0104. The molecule has 0 aromatic heterocycles. The van der Waals surface area contributed by atoms with Crippen molar-refractivity contribution in [3.63, 3.8) is 0 Å². The van der Waals surface area contributed by atoms with Crippen LogP contribution in [0.25, 0.3) is 0 Å². The van der Waals surface area contributed by atoms with Crippen LogP contribution in [0.3, 0.4) is 0 Å². The van der Waals surface area contributed by atoms with E-state index in [1.807, 2.05) is 0 Å². The van der Waals surface area contributed by atoms with Crippen LogP contribution in [0.15, 0.2) is 0 Å². The Morgan fingerprint density at radius 2 is 1.68 bits per heavy atom. The fraction of sp³-hybridized carbons (Fsp3) is 1.00. The summed E-state index contributed by atoms with van der Waals surface area (Å²) in [6.07, 6.45) is 3.22. The average molecular weight is 309 g/mol. The first-order chi connectivity index (χ1) is 8.60. The summed E-state index contributed by atoms with van der Waals surface area (Å²) in [7, 11) is -6.40. The van der Waals surface area contributed by atoms with Gasteiger partial charge in [-0.1, -0.05) is 13.8 Å². The van der Waals surface area contributed by atoms with E-state index in [4.69, 9.17) is 0 Å². The lowest BCUT2D eigenvalue weighted by Crippen LogP contribution is -2.43. The molecule has 1 saturated carbocycles. The number of nitrogens with one attached hydrogen (secondary N) is 1. The molecule has 0 aromatic rings. The van der Waals surface area contributed by atoms with Crippen molar-refractivity contribution >= 4 is 19.9 Å². The lowest BCUT2D eigenvalue weighted by molar-refractivity contribution is 0.372. The number of rotatable bonds is 3. The summed E-state index contributed by atoms with van der Waals surface area (Å²) in [5.41, 5.74) is 0.198. The Bertz CT molecular complexity index is 522. The summed E-state index contributed by atoms with van der Waals surface area (Å²) >= 11 is 0. The van der Waals surface area contributed by atoms with Gasteiger partial charge in [-0.2, -0.15) is 0 Å². The van der Waals surface area contributed by atoms with Gasteiger partial charge in [-0.3, -0.25) is 0 Å². The van der Waals surface area contributed by atoms with Crippen molar-refractivity contribution in [2.24, 2.45) is 5.41 Å². The van der Waals surface area contributed by atoms with Crippen LogP contribution >= 0.6 is 0 Å². The number of hydrogen-bond acceptors (Lipinski definition) is 4. The highest BCUT2D eigenvalue weighted by Crippen LogP contribution is 2.37. The number of hydrogen-bond donors (Lipinski definition) is 1. The average Bonchev–Trinajstić information content (AvgIpc) is 2.56. The molecule has 1 aliphatic carbocycles. The molecule has 0 bridgehead atoms. The van der Waals surface area contributed by atoms with Gasteiger partial charge < -0.3 is 0 Å². The van der Waals surface area contributed by atoms with Crippen LogP contribution < -0.4 is 4.72 Å². The summed E-state index contributed by atoms with van der Waals surface area (Å²) in [4.78, 5) is 0. The zero-order valence-corrected chi connectivity index (χ0v) is 13.2. The van der Waals surface area contributed by atoms with E-state index in [0.717, 1.165) is 19.3 Å². The SMILES string of the molecule is CC1(C)CCC(NS(=O)(=O)C2CCS(=O)(=O)CC2)C1. The van der Waals surface area contributed by atoms with Crippen molar-refractivity contribution in [2.75, 3.05) is 11.5 Å². The predicted octanol–water partition coefficient (Wildman–Crippen LogP) is 1.06. The van der Waals surface area contributed by atoms with Crippen molar-refractivity contribution in [3.8, 4) is 0 Å². The third kappa shape index (κ3) is 3.92. The second kappa shape index (κ2) is 5.00. The molecule has 5 nitrogen and oxygen atoms in total. The Hall–Kier alpha value is -0.140. The van der Waals surface area contributed by atoms with Crippen molar-refractivity contribution in [1.82, 2.24) is 4.72 Å². The van der Waals surface area contributed by atoms with Crippen LogP contribution in [-0.4, -0.2) is 39.6 Å². The molecular formula is C12H23NO4S2. The van der Waals surface area contributed by atoms with Gasteiger partial charge in [-0.25, -0.2) is 21.6 Å². The molecule has 2 aliphatic rings. The molecule has 1 atom stereocenters. The highest BCUT2D eigenvalue weighted by atomic mass is 32.2. The Labute approximate surface area is 116 Å². The van der Waals surface area contributed by atoms with Crippen LogP contribution in [0.1, 0.15) is 46.0 Å². The fourth-order valence-corrected chi connectivity index (χ4v) is 6.55. The summed E-state index contributed by atoms with van der Waals surface area (Å²) < 4.78 is 50.0. The van der Waals surface area contributed by atoms with E-state index in [9.17, 15) is 16.8 Å². The molecule has 1 aliphatic heterocycles. The zero-order chi connectivity index (χ0) is 14.3. The van der Waals surface area contributed by atoms with Gasteiger partial charge in [0.05, 0.1) is 16.8 Å². The third-order valence-electron chi connectivity index (χ3n) is 4.24. The normalized spacial score (nSPS) is 31.4. The minimum atomic E-state index is -3.38. The van der Waals surface area contributed by atoms with Crippen LogP contribution in [0.4, 0.5) is 0 Å². The first kappa shape index (κ1) is 15.3. The zero-order valence-electron chi connectivity index (χ0n) is 11.6. The summed E-state index contributed by atoms with van der Waals surface area (Å²) in [6.45, 7) is 4.29. The highest BCUT2D eigenvalue weighted by Gasteiger charge is 2.37. The van der Waals surface area contributed by atoms with Gasteiger partial charge in [0.1, 0.15) is 9.84 Å². The molecule has 0 aromatic carbocycles. The quantitative estimate of drug-likeness (QED) is 0.845. The molecule has 1 N–H and O–H groups in total. The number of sulfone groups is 1. The maximum absolute atomic E-state index is 12.3. The van der Waals surface area contributed by atoms with Gasteiger partial charge in [-0.15, -0.1) is 0 Å². The van der Waals surface area contributed by atoms with Gasteiger partial charge in [0.2, 0.25) is 10.0 Å². The Kier molecular flexibility index (Phi) is 4.02. The van der Waals surface area contributed by atoms with Crippen LogP contribution in [-0.2, 0) is 19.9 Å². The first-order valence-corrected chi connectivity index (χ1v) is 10.2. The van der Waals surface area contributed by atoms with Crippen molar-refractivity contribution in [1.29, 1.82) is 0 Å². The summed E-state index contributed by atoms with van der Waals surface area (Å²) in [6, 6.07) is 0.0125. The van der Waals surface area contributed by atoms with Crippen molar-refractivity contribution in [2.45, 2.75) is 57.2 Å².